The van der Waals surface area contributed by atoms with Gasteiger partial charge in [0.1, 0.15) is 0 Å². The van der Waals surface area contributed by atoms with E-state index in [0.29, 0.717) is 48.5 Å². The molecule has 0 unspecified atom stereocenters. The number of ether oxygens (including phenoxy) is 1. The number of nitrogens with zero attached hydrogens (tertiary/aromatic N) is 3. The fourth-order valence-corrected chi connectivity index (χ4v) is 3.14. The number of aromatic nitrogens is 3. The van der Waals surface area contributed by atoms with Gasteiger partial charge in [-0.05, 0) is 30.7 Å². The van der Waals surface area contributed by atoms with Crippen LogP contribution in [0.4, 0.5) is 5.69 Å². The van der Waals surface area contributed by atoms with Crippen molar-refractivity contribution in [3.05, 3.63) is 35.8 Å². The molecule has 0 aliphatic carbocycles. The number of rotatable bonds is 7. The minimum Gasteiger partial charge on any atom is -0.477 e. The zero-order chi connectivity index (χ0) is 20.1. The van der Waals surface area contributed by atoms with Gasteiger partial charge in [0.2, 0.25) is 11.8 Å². The molecule has 2 N–H and O–H groups in total. The van der Waals surface area contributed by atoms with Crippen LogP contribution in [0, 0.1) is 11.8 Å². The van der Waals surface area contributed by atoms with Crippen LogP contribution >= 0.6 is 0 Å². The molecule has 0 fully saturated rings. The Labute approximate surface area is 164 Å². The highest BCUT2D eigenvalue weighted by molar-refractivity contribution is 6.04. The first-order chi connectivity index (χ1) is 13.4. The second-order valence-electron chi connectivity index (χ2n) is 7.57. The highest BCUT2D eigenvalue weighted by Crippen LogP contribution is 2.23. The Morgan fingerprint density at radius 3 is 2.82 bits per heavy atom. The van der Waals surface area contributed by atoms with Gasteiger partial charge >= 0.3 is 0 Å². The van der Waals surface area contributed by atoms with Crippen LogP contribution in [0.3, 0.4) is 0 Å². The number of carbonyl (C=O) groups is 2. The molecule has 0 saturated carbocycles. The Morgan fingerprint density at radius 1 is 1.32 bits per heavy atom. The number of anilines is 1. The molecule has 0 bridgehead atoms. The van der Waals surface area contributed by atoms with Gasteiger partial charge in [-0.3, -0.25) is 14.3 Å². The molecule has 2 aromatic heterocycles. The number of pyridine rings is 1. The van der Waals surface area contributed by atoms with Crippen LogP contribution in [-0.4, -0.2) is 39.7 Å². The van der Waals surface area contributed by atoms with Gasteiger partial charge < -0.3 is 15.4 Å². The predicted octanol–water partition coefficient (Wildman–Crippen LogP) is 2.26. The van der Waals surface area contributed by atoms with Crippen molar-refractivity contribution in [3.8, 4) is 5.88 Å². The normalized spacial score (nSPS) is 15.8. The largest absolute Gasteiger partial charge is 0.477 e. The monoisotopic (exact) mass is 385 g/mol. The first-order valence-corrected chi connectivity index (χ1v) is 9.61. The van der Waals surface area contributed by atoms with Gasteiger partial charge in [0, 0.05) is 26.1 Å². The molecule has 8 nitrogen and oxygen atoms in total. The van der Waals surface area contributed by atoms with Gasteiger partial charge in [-0.1, -0.05) is 13.8 Å². The predicted molar refractivity (Wildman–Crippen MR) is 105 cm³/mol. The number of hydrogen-bond donors (Lipinski definition) is 2. The number of nitrogens with one attached hydrogen (secondary N) is 2. The molecule has 0 spiro atoms. The van der Waals surface area contributed by atoms with Crippen molar-refractivity contribution in [1.29, 1.82) is 0 Å². The van der Waals surface area contributed by atoms with Crippen molar-refractivity contribution in [2.45, 2.75) is 40.2 Å². The molecule has 2 aromatic rings. The zero-order valence-corrected chi connectivity index (χ0v) is 16.6. The Bertz CT molecular complexity index is 829. The average Bonchev–Trinajstić information content (AvgIpc) is 3.09. The Balaban J connectivity index is 1.63. The van der Waals surface area contributed by atoms with Crippen LogP contribution in [0.2, 0.25) is 0 Å². The fraction of sp³-hybridized carbons (Fsp3) is 0.500. The quantitative estimate of drug-likeness (QED) is 0.762. The Hall–Kier alpha value is -2.90. The lowest BCUT2D eigenvalue weighted by Gasteiger charge is -2.24. The Kier molecular flexibility index (Phi) is 6.28. The van der Waals surface area contributed by atoms with E-state index in [2.05, 4.69) is 34.6 Å². The molecule has 0 aromatic carbocycles. The summed E-state index contributed by atoms with van der Waals surface area (Å²) < 4.78 is 7.43. The van der Waals surface area contributed by atoms with E-state index < -0.39 is 0 Å². The lowest BCUT2D eigenvalue weighted by molar-refractivity contribution is -0.119. The second-order valence-corrected chi connectivity index (χ2v) is 7.57. The molecule has 1 aliphatic heterocycles. The van der Waals surface area contributed by atoms with Gasteiger partial charge in [-0.15, -0.1) is 0 Å². The maximum Gasteiger partial charge on any atom is 0.259 e. The maximum absolute atomic E-state index is 12.7. The van der Waals surface area contributed by atoms with E-state index in [0.717, 1.165) is 18.7 Å². The van der Waals surface area contributed by atoms with Crippen molar-refractivity contribution in [2.75, 3.05) is 18.5 Å². The third-order valence-electron chi connectivity index (χ3n) is 4.62. The lowest BCUT2D eigenvalue weighted by atomic mass is 9.94. The first-order valence-electron chi connectivity index (χ1n) is 9.61. The molecule has 1 aliphatic rings. The summed E-state index contributed by atoms with van der Waals surface area (Å²) >= 11 is 0. The maximum atomic E-state index is 12.7. The average molecular weight is 385 g/mol. The molecule has 1 atom stereocenters. The van der Waals surface area contributed by atoms with Crippen molar-refractivity contribution in [1.82, 2.24) is 20.1 Å². The third-order valence-corrected chi connectivity index (χ3v) is 4.62. The van der Waals surface area contributed by atoms with Gasteiger partial charge in [0.05, 0.1) is 35.9 Å². The summed E-state index contributed by atoms with van der Waals surface area (Å²) in [6.07, 6.45) is 4.84. The molecule has 0 radical (unpaired) electrons. The third kappa shape index (κ3) is 5.09. The van der Waals surface area contributed by atoms with E-state index in [9.17, 15) is 9.59 Å². The van der Waals surface area contributed by atoms with E-state index in [4.69, 9.17) is 4.74 Å². The Morgan fingerprint density at radius 2 is 2.14 bits per heavy atom. The van der Waals surface area contributed by atoms with E-state index in [1.54, 1.807) is 24.5 Å². The first kappa shape index (κ1) is 19.9. The number of amides is 2. The molecular weight excluding hydrogens is 358 g/mol. The van der Waals surface area contributed by atoms with E-state index in [1.807, 2.05) is 4.68 Å². The van der Waals surface area contributed by atoms with Crippen LogP contribution < -0.4 is 15.4 Å². The van der Waals surface area contributed by atoms with Crippen LogP contribution in [0.5, 0.6) is 5.88 Å². The summed E-state index contributed by atoms with van der Waals surface area (Å²) in [4.78, 5) is 28.1. The second kappa shape index (κ2) is 8.86. The van der Waals surface area contributed by atoms with Crippen molar-refractivity contribution in [3.63, 3.8) is 0 Å². The highest BCUT2D eigenvalue weighted by atomic mass is 16.5. The van der Waals surface area contributed by atoms with Crippen LogP contribution in [-0.2, 0) is 17.8 Å². The molecular formula is C20H27N5O3. The summed E-state index contributed by atoms with van der Waals surface area (Å²) in [5, 5.41) is 10.1. The van der Waals surface area contributed by atoms with Gasteiger partial charge in [-0.25, -0.2) is 4.98 Å². The molecule has 2 amide bonds. The fourth-order valence-electron chi connectivity index (χ4n) is 3.14. The van der Waals surface area contributed by atoms with Crippen molar-refractivity contribution >= 4 is 17.5 Å². The van der Waals surface area contributed by atoms with Gasteiger partial charge in [0.25, 0.3) is 5.91 Å². The van der Waals surface area contributed by atoms with Crippen LogP contribution in [0.15, 0.2) is 24.5 Å². The van der Waals surface area contributed by atoms with Gasteiger partial charge in [-0.2, -0.15) is 5.10 Å². The summed E-state index contributed by atoms with van der Waals surface area (Å²) in [5.41, 5.74) is 2.07. The number of aryl methyl sites for hydroxylation is 1. The SMILES string of the molecule is CC(=O)NC[C@H]1CCn2ncc(C(=O)Nc3ccc(OCC(C)C)nc3)c2C1. The molecule has 0 saturated heterocycles. The summed E-state index contributed by atoms with van der Waals surface area (Å²) in [5.74, 6) is 1.02. The van der Waals surface area contributed by atoms with Crippen molar-refractivity contribution < 1.29 is 14.3 Å². The van der Waals surface area contributed by atoms with E-state index in [-0.39, 0.29) is 11.8 Å². The van der Waals surface area contributed by atoms with Crippen LogP contribution in [0.25, 0.3) is 0 Å². The van der Waals surface area contributed by atoms with Gasteiger partial charge in [0.15, 0.2) is 0 Å². The lowest BCUT2D eigenvalue weighted by Crippen LogP contribution is -2.32. The summed E-state index contributed by atoms with van der Waals surface area (Å²) in [6.45, 7) is 7.61. The molecule has 28 heavy (non-hydrogen) atoms. The minimum atomic E-state index is -0.209. The number of hydrogen-bond acceptors (Lipinski definition) is 5. The van der Waals surface area contributed by atoms with Crippen LogP contribution in [0.1, 0.15) is 43.2 Å². The number of fused-ring (bicyclic) bond motifs is 1. The summed E-state index contributed by atoms with van der Waals surface area (Å²) in [7, 11) is 0. The van der Waals surface area contributed by atoms with E-state index in [1.165, 1.54) is 6.92 Å². The van der Waals surface area contributed by atoms with E-state index >= 15 is 0 Å². The smallest absolute Gasteiger partial charge is 0.259 e. The summed E-state index contributed by atoms with van der Waals surface area (Å²) in [6, 6.07) is 3.52. The number of carbonyl (C=O) groups excluding carboxylic acids is 2. The topological polar surface area (TPSA) is 98.1 Å². The zero-order valence-electron chi connectivity index (χ0n) is 16.6. The molecule has 8 heteroatoms. The minimum absolute atomic E-state index is 0.0367. The molecule has 150 valence electrons. The molecule has 3 rings (SSSR count). The molecule has 3 heterocycles. The standard InChI is InChI=1S/C20H27N5O3/c1-13(2)12-28-19-5-4-16(10-22-19)24-20(27)17-11-23-25-7-6-15(8-18(17)25)9-21-14(3)26/h4-5,10-11,13,15H,6-9,12H2,1-3H3,(H,21,26)(H,24,27)/t15-/m0/s1. The highest BCUT2D eigenvalue weighted by Gasteiger charge is 2.25. The van der Waals surface area contributed by atoms with Crippen molar-refractivity contribution in [2.24, 2.45) is 11.8 Å².